The Labute approximate surface area is 143 Å². The molecule has 0 aliphatic heterocycles. The van der Waals surface area contributed by atoms with Crippen molar-refractivity contribution in [2.24, 2.45) is 0 Å². The molecule has 0 heterocycles. The summed E-state index contributed by atoms with van der Waals surface area (Å²) in [6.07, 6.45) is 18.4. The first-order valence-electron chi connectivity index (χ1n) is 10.0. The van der Waals surface area contributed by atoms with Crippen molar-refractivity contribution < 1.29 is 15.0 Å². The van der Waals surface area contributed by atoms with Crippen LogP contribution in [0, 0.1) is 0 Å². The van der Waals surface area contributed by atoms with Crippen LogP contribution in [0.15, 0.2) is 0 Å². The van der Waals surface area contributed by atoms with Gasteiger partial charge in [0.1, 0.15) is 5.60 Å². The number of unbranched alkanes of at least 4 members (excludes halogenated alkanes) is 13. The van der Waals surface area contributed by atoms with Gasteiger partial charge in [-0.3, -0.25) is 0 Å². The summed E-state index contributed by atoms with van der Waals surface area (Å²) in [4.78, 5) is 10.9. The predicted octanol–water partition coefficient (Wildman–Crippen LogP) is 4.75. The fraction of sp³-hybridized carbons (Fsp3) is 0.950. The minimum Gasteiger partial charge on any atom is -0.547 e. The Morgan fingerprint density at radius 1 is 0.739 bits per heavy atom. The van der Waals surface area contributed by atoms with Crippen molar-refractivity contribution in [2.45, 2.75) is 122 Å². The third-order valence-electron chi connectivity index (χ3n) is 4.91. The van der Waals surface area contributed by atoms with Gasteiger partial charge in [-0.1, -0.05) is 104 Å². The standard InChI is InChI=1S/C20H40O3/c1-3-5-6-7-8-9-10-11-12-13-14-15-16-17-18-20(23,4-2)19(21)22/h23H,3-18H2,1-2H3,(H,21,22)/p-1. The van der Waals surface area contributed by atoms with Gasteiger partial charge in [-0.25, -0.2) is 0 Å². The molecule has 0 saturated heterocycles. The molecule has 0 aromatic carbocycles. The van der Waals surface area contributed by atoms with Crippen LogP contribution in [0.2, 0.25) is 0 Å². The van der Waals surface area contributed by atoms with Gasteiger partial charge in [0.2, 0.25) is 0 Å². The van der Waals surface area contributed by atoms with Crippen LogP contribution in [0.25, 0.3) is 0 Å². The van der Waals surface area contributed by atoms with Gasteiger partial charge in [0.15, 0.2) is 0 Å². The minimum absolute atomic E-state index is 0.230. The van der Waals surface area contributed by atoms with E-state index in [0.717, 1.165) is 19.3 Å². The zero-order chi connectivity index (χ0) is 17.4. The highest BCUT2D eigenvalue weighted by atomic mass is 16.4. The summed E-state index contributed by atoms with van der Waals surface area (Å²) in [5.74, 6) is -1.32. The molecule has 138 valence electrons. The fourth-order valence-corrected chi connectivity index (χ4v) is 3.04. The summed E-state index contributed by atoms with van der Waals surface area (Å²) in [7, 11) is 0. The minimum atomic E-state index is -1.61. The van der Waals surface area contributed by atoms with Crippen molar-refractivity contribution in [1.82, 2.24) is 0 Å². The lowest BCUT2D eigenvalue weighted by atomic mass is 9.93. The number of rotatable bonds is 17. The van der Waals surface area contributed by atoms with Crippen molar-refractivity contribution in [3.63, 3.8) is 0 Å². The molecule has 0 fully saturated rings. The maximum atomic E-state index is 10.9. The molecule has 1 N–H and O–H groups in total. The Hall–Kier alpha value is -0.570. The van der Waals surface area contributed by atoms with Gasteiger partial charge < -0.3 is 15.0 Å². The highest BCUT2D eigenvalue weighted by Gasteiger charge is 2.25. The third kappa shape index (κ3) is 12.5. The van der Waals surface area contributed by atoms with Crippen molar-refractivity contribution in [2.75, 3.05) is 0 Å². The van der Waals surface area contributed by atoms with Crippen LogP contribution in [0.3, 0.4) is 0 Å². The fourth-order valence-electron chi connectivity index (χ4n) is 3.04. The van der Waals surface area contributed by atoms with Crippen LogP contribution in [0.4, 0.5) is 0 Å². The molecule has 0 aliphatic rings. The molecule has 0 radical (unpaired) electrons. The number of carboxylic acid groups (broad SMARTS) is 1. The van der Waals surface area contributed by atoms with E-state index in [1.54, 1.807) is 6.92 Å². The first-order valence-corrected chi connectivity index (χ1v) is 10.0. The molecular formula is C20H39O3-. The average Bonchev–Trinajstić information content (AvgIpc) is 2.54. The topological polar surface area (TPSA) is 60.4 Å². The van der Waals surface area contributed by atoms with Gasteiger partial charge in [0.05, 0.1) is 5.97 Å². The van der Waals surface area contributed by atoms with Gasteiger partial charge in [0, 0.05) is 0 Å². The smallest absolute Gasteiger partial charge is 0.104 e. The van der Waals surface area contributed by atoms with Crippen LogP contribution in [0.5, 0.6) is 0 Å². The Balaban J connectivity index is 3.26. The number of aliphatic carboxylic acids is 1. The summed E-state index contributed by atoms with van der Waals surface area (Å²) >= 11 is 0. The van der Waals surface area contributed by atoms with Crippen molar-refractivity contribution in [1.29, 1.82) is 0 Å². The van der Waals surface area contributed by atoms with E-state index >= 15 is 0 Å². The second-order valence-corrected chi connectivity index (χ2v) is 7.02. The molecule has 0 saturated carbocycles. The van der Waals surface area contributed by atoms with E-state index in [4.69, 9.17) is 0 Å². The first kappa shape index (κ1) is 22.4. The highest BCUT2D eigenvalue weighted by molar-refractivity contribution is 5.74. The molecule has 1 atom stereocenters. The molecule has 23 heavy (non-hydrogen) atoms. The molecule has 0 spiro atoms. The van der Waals surface area contributed by atoms with Gasteiger partial charge in [0.25, 0.3) is 0 Å². The molecule has 0 aliphatic carbocycles. The maximum Gasteiger partial charge on any atom is 0.104 e. The number of carboxylic acids is 1. The normalized spacial score (nSPS) is 13.9. The molecule has 3 heteroatoms. The van der Waals surface area contributed by atoms with E-state index < -0.39 is 11.6 Å². The Morgan fingerprint density at radius 3 is 1.39 bits per heavy atom. The van der Waals surface area contributed by atoms with E-state index in [-0.39, 0.29) is 6.42 Å². The highest BCUT2D eigenvalue weighted by Crippen LogP contribution is 2.19. The van der Waals surface area contributed by atoms with E-state index in [9.17, 15) is 15.0 Å². The molecule has 0 aromatic heterocycles. The first-order chi connectivity index (χ1) is 11.1. The van der Waals surface area contributed by atoms with E-state index in [1.165, 1.54) is 70.6 Å². The lowest BCUT2D eigenvalue weighted by Gasteiger charge is -2.27. The van der Waals surface area contributed by atoms with E-state index in [0.29, 0.717) is 6.42 Å². The number of hydrogen-bond acceptors (Lipinski definition) is 3. The van der Waals surface area contributed by atoms with Gasteiger partial charge >= 0.3 is 0 Å². The zero-order valence-corrected chi connectivity index (χ0v) is 15.6. The van der Waals surface area contributed by atoms with Crippen LogP contribution in [-0.4, -0.2) is 16.7 Å². The molecule has 0 rings (SSSR count). The van der Waals surface area contributed by atoms with Crippen molar-refractivity contribution >= 4 is 5.97 Å². The monoisotopic (exact) mass is 327 g/mol. The van der Waals surface area contributed by atoms with Crippen molar-refractivity contribution in [3.05, 3.63) is 0 Å². The lowest BCUT2D eigenvalue weighted by molar-refractivity contribution is -0.325. The quantitative estimate of drug-likeness (QED) is 0.392. The van der Waals surface area contributed by atoms with Gasteiger partial charge in [-0.2, -0.15) is 0 Å². The molecule has 0 aromatic rings. The number of aliphatic hydroxyl groups is 1. The second-order valence-electron chi connectivity index (χ2n) is 7.02. The zero-order valence-electron chi connectivity index (χ0n) is 15.6. The molecular weight excluding hydrogens is 288 g/mol. The third-order valence-corrected chi connectivity index (χ3v) is 4.91. The molecule has 0 amide bonds. The summed E-state index contributed by atoms with van der Waals surface area (Å²) in [6, 6.07) is 0. The predicted molar refractivity (Wildman–Crippen MR) is 95.2 cm³/mol. The maximum absolute atomic E-state index is 10.9. The largest absolute Gasteiger partial charge is 0.547 e. The van der Waals surface area contributed by atoms with Crippen molar-refractivity contribution in [3.8, 4) is 0 Å². The molecule has 1 unspecified atom stereocenters. The number of carbonyl (C=O) groups is 1. The Kier molecular flexibility index (Phi) is 14.6. The summed E-state index contributed by atoms with van der Waals surface area (Å²) in [6.45, 7) is 3.95. The number of hydrogen-bond donors (Lipinski definition) is 1. The summed E-state index contributed by atoms with van der Waals surface area (Å²) < 4.78 is 0. The van der Waals surface area contributed by atoms with Crippen LogP contribution in [-0.2, 0) is 4.79 Å². The average molecular weight is 328 g/mol. The lowest BCUT2D eigenvalue weighted by Crippen LogP contribution is -2.47. The van der Waals surface area contributed by atoms with Gasteiger partial charge in [-0.05, 0) is 12.8 Å². The Bertz CT molecular complexity index is 278. The SMILES string of the molecule is CCCCCCCCCCCCCCCCC(O)(CC)C(=O)[O-]. The van der Waals surface area contributed by atoms with Crippen LogP contribution in [0.1, 0.15) is 117 Å². The van der Waals surface area contributed by atoms with E-state index in [1.807, 2.05) is 0 Å². The Morgan fingerprint density at radius 2 is 1.09 bits per heavy atom. The van der Waals surface area contributed by atoms with Crippen LogP contribution < -0.4 is 5.11 Å². The summed E-state index contributed by atoms with van der Waals surface area (Å²) in [5, 5.41) is 20.7. The number of carbonyl (C=O) groups excluding carboxylic acids is 1. The summed E-state index contributed by atoms with van der Waals surface area (Å²) in [5.41, 5.74) is -1.61. The molecule has 0 bridgehead atoms. The van der Waals surface area contributed by atoms with E-state index in [2.05, 4.69) is 6.92 Å². The van der Waals surface area contributed by atoms with Gasteiger partial charge in [-0.15, -0.1) is 0 Å². The van der Waals surface area contributed by atoms with Crippen LogP contribution >= 0.6 is 0 Å². The second kappa shape index (κ2) is 15.0. The molecule has 3 nitrogen and oxygen atoms in total.